The largest absolute Gasteiger partial charge is 0.392 e. The van der Waals surface area contributed by atoms with Crippen molar-refractivity contribution in [2.75, 3.05) is 0 Å². The second kappa shape index (κ2) is 4.64. The van der Waals surface area contributed by atoms with Gasteiger partial charge in [0, 0.05) is 6.42 Å². The summed E-state index contributed by atoms with van der Waals surface area (Å²) in [6.07, 6.45) is 2.71. The molecule has 18 heavy (non-hydrogen) atoms. The number of rotatable bonds is 3. The van der Waals surface area contributed by atoms with Gasteiger partial charge in [-0.25, -0.2) is 0 Å². The summed E-state index contributed by atoms with van der Waals surface area (Å²) in [7, 11) is 0. The number of nitrogens with two attached hydrogens (primary N) is 1. The number of amides is 3. The molecule has 0 spiro atoms. The number of carbonyl (C=O) groups is 3. The van der Waals surface area contributed by atoms with Crippen molar-refractivity contribution in [2.24, 2.45) is 11.1 Å². The topological polar surface area (TPSA) is 101 Å². The van der Waals surface area contributed by atoms with Gasteiger partial charge in [-0.2, -0.15) is 0 Å². The Balaban J connectivity index is 2.01. The van der Waals surface area contributed by atoms with E-state index in [1.54, 1.807) is 0 Å². The van der Waals surface area contributed by atoms with E-state index in [0.29, 0.717) is 19.3 Å². The van der Waals surface area contributed by atoms with E-state index in [-0.39, 0.29) is 23.2 Å². The molecule has 98 valence electrons. The summed E-state index contributed by atoms with van der Waals surface area (Å²) in [6, 6.07) is -0.665. The zero-order valence-electron chi connectivity index (χ0n) is 9.82. The monoisotopic (exact) mass is 269 g/mol. The molecule has 4 N–H and O–H groups in total. The summed E-state index contributed by atoms with van der Waals surface area (Å²) in [5.41, 5.74) is 4.82. The van der Waals surface area contributed by atoms with E-state index in [0.717, 1.165) is 6.42 Å². The van der Waals surface area contributed by atoms with Crippen molar-refractivity contribution >= 4 is 34.9 Å². The highest BCUT2D eigenvalue weighted by molar-refractivity contribution is 7.80. The molecule has 0 bridgehead atoms. The second-order valence-electron chi connectivity index (χ2n) is 4.78. The van der Waals surface area contributed by atoms with Crippen LogP contribution >= 0.6 is 12.2 Å². The van der Waals surface area contributed by atoms with Gasteiger partial charge < -0.3 is 11.1 Å². The lowest BCUT2D eigenvalue weighted by atomic mass is 9.68. The van der Waals surface area contributed by atoms with Crippen LogP contribution in [0.4, 0.5) is 0 Å². The molecular weight excluding hydrogens is 254 g/mol. The minimum Gasteiger partial charge on any atom is -0.392 e. The molecule has 1 aliphatic carbocycles. The van der Waals surface area contributed by atoms with Crippen molar-refractivity contribution in [3.05, 3.63) is 0 Å². The number of thiocarbonyl (C=S) groups is 1. The number of hydrogen-bond acceptors (Lipinski definition) is 4. The third-order valence-corrected chi connectivity index (χ3v) is 4.05. The van der Waals surface area contributed by atoms with Crippen molar-refractivity contribution < 1.29 is 14.4 Å². The van der Waals surface area contributed by atoms with E-state index in [9.17, 15) is 14.4 Å². The molecule has 0 aromatic heterocycles. The Kier molecular flexibility index (Phi) is 3.34. The van der Waals surface area contributed by atoms with Crippen molar-refractivity contribution in [1.82, 2.24) is 10.6 Å². The smallest absolute Gasteiger partial charge is 0.249 e. The van der Waals surface area contributed by atoms with E-state index in [1.165, 1.54) is 0 Å². The summed E-state index contributed by atoms with van der Waals surface area (Å²) < 4.78 is 0. The Hall–Kier alpha value is -1.50. The van der Waals surface area contributed by atoms with Crippen molar-refractivity contribution in [2.45, 2.75) is 38.1 Å². The maximum Gasteiger partial charge on any atom is 0.249 e. The number of nitrogens with one attached hydrogen (secondary N) is 2. The van der Waals surface area contributed by atoms with Gasteiger partial charge in [-0.05, 0) is 19.3 Å². The summed E-state index contributed by atoms with van der Waals surface area (Å²) in [5, 5.41) is 4.84. The van der Waals surface area contributed by atoms with Crippen LogP contribution in [0.25, 0.3) is 0 Å². The number of carbonyl (C=O) groups excluding carboxylic acids is 3. The maximum atomic E-state index is 12.1. The molecule has 3 amide bonds. The fourth-order valence-electron chi connectivity index (χ4n) is 2.24. The van der Waals surface area contributed by atoms with Crippen LogP contribution in [-0.2, 0) is 14.4 Å². The van der Waals surface area contributed by atoms with Gasteiger partial charge in [0.25, 0.3) is 0 Å². The number of imide groups is 1. The minimum absolute atomic E-state index is 0.179. The molecule has 2 aliphatic rings. The quantitative estimate of drug-likeness (QED) is 0.467. The first-order valence-electron chi connectivity index (χ1n) is 5.90. The lowest BCUT2D eigenvalue weighted by Crippen LogP contribution is -2.59. The van der Waals surface area contributed by atoms with Crippen molar-refractivity contribution in [3.63, 3.8) is 0 Å². The van der Waals surface area contributed by atoms with Crippen LogP contribution < -0.4 is 16.4 Å². The van der Waals surface area contributed by atoms with Gasteiger partial charge in [0.2, 0.25) is 17.7 Å². The van der Waals surface area contributed by atoms with Gasteiger partial charge in [-0.15, -0.1) is 0 Å². The Bertz CT molecular complexity index is 431. The molecule has 1 saturated heterocycles. The van der Waals surface area contributed by atoms with E-state index in [1.807, 2.05) is 0 Å². The fraction of sp³-hybridized carbons (Fsp3) is 0.636. The van der Waals surface area contributed by atoms with Crippen LogP contribution in [0, 0.1) is 5.41 Å². The lowest BCUT2D eigenvalue weighted by Gasteiger charge is -2.40. The molecule has 2 rings (SSSR count). The first kappa shape index (κ1) is 12.9. The van der Waals surface area contributed by atoms with Crippen molar-refractivity contribution in [3.8, 4) is 0 Å². The highest BCUT2D eigenvalue weighted by Gasteiger charge is 2.48. The van der Waals surface area contributed by atoms with Gasteiger partial charge in [-0.1, -0.05) is 18.6 Å². The second-order valence-corrected chi connectivity index (χ2v) is 5.22. The average molecular weight is 269 g/mol. The van der Waals surface area contributed by atoms with Crippen LogP contribution in [0.1, 0.15) is 32.1 Å². The first-order chi connectivity index (χ1) is 8.45. The van der Waals surface area contributed by atoms with Crippen LogP contribution in [-0.4, -0.2) is 28.8 Å². The van der Waals surface area contributed by atoms with Gasteiger partial charge in [-0.3, -0.25) is 19.7 Å². The predicted octanol–water partition coefficient (Wildman–Crippen LogP) is -0.636. The Labute approximate surface area is 110 Å². The zero-order chi connectivity index (χ0) is 13.3. The molecule has 6 nitrogen and oxygen atoms in total. The standard InChI is InChI=1S/C11H15N3O3S/c12-9(18)11(4-1-5-11)10(17)13-6-2-3-7(15)14-8(6)16/h6H,1-5H2,(H2,12,18)(H,13,17)(H,14,15,16). The van der Waals surface area contributed by atoms with Crippen molar-refractivity contribution in [1.29, 1.82) is 0 Å². The van der Waals surface area contributed by atoms with Crippen LogP contribution in [0.2, 0.25) is 0 Å². The van der Waals surface area contributed by atoms with E-state index >= 15 is 0 Å². The lowest BCUT2D eigenvalue weighted by molar-refractivity contribution is -0.140. The predicted molar refractivity (Wildman–Crippen MR) is 67.4 cm³/mol. The molecule has 1 atom stereocenters. The zero-order valence-corrected chi connectivity index (χ0v) is 10.6. The fourth-order valence-corrected chi connectivity index (χ4v) is 2.54. The molecule has 0 radical (unpaired) electrons. The number of piperidine rings is 1. The minimum atomic E-state index is -0.795. The van der Waals surface area contributed by atoms with Crippen LogP contribution in [0.3, 0.4) is 0 Å². The van der Waals surface area contributed by atoms with E-state index in [4.69, 9.17) is 18.0 Å². The molecule has 1 unspecified atom stereocenters. The molecule has 1 heterocycles. The summed E-state index contributed by atoms with van der Waals surface area (Å²) >= 11 is 4.94. The Morgan fingerprint density at radius 2 is 2.11 bits per heavy atom. The molecule has 1 saturated carbocycles. The van der Waals surface area contributed by atoms with E-state index < -0.39 is 17.4 Å². The third kappa shape index (κ3) is 2.10. The molecular formula is C11H15N3O3S. The molecule has 2 fully saturated rings. The van der Waals surface area contributed by atoms with Gasteiger partial charge in [0.15, 0.2) is 0 Å². The normalized spacial score (nSPS) is 25.9. The molecule has 0 aromatic rings. The van der Waals surface area contributed by atoms with Gasteiger partial charge >= 0.3 is 0 Å². The molecule has 7 heteroatoms. The first-order valence-corrected chi connectivity index (χ1v) is 6.31. The SMILES string of the molecule is NC(=S)C1(C(=O)NC2CCC(=O)NC2=O)CCC1. The summed E-state index contributed by atoms with van der Waals surface area (Å²) in [5.74, 6) is -1.06. The van der Waals surface area contributed by atoms with Gasteiger partial charge in [0.05, 0.1) is 10.4 Å². The Morgan fingerprint density at radius 1 is 1.44 bits per heavy atom. The van der Waals surface area contributed by atoms with E-state index in [2.05, 4.69) is 10.6 Å². The third-order valence-electron chi connectivity index (χ3n) is 3.66. The molecule has 0 aromatic carbocycles. The highest BCUT2D eigenvalue weighted by Crippen LogP contribution is 2.41. The molecule has 1 aliphatic heterocycles. The number of hydrogen-bond donors (Lipinski definition) is 3. The van der Waals surface area contributed by atoms with Crippen LogP contribution in [0.5, 0.6) is 0 Å². The summed E-state index contributed by atoms with van der Waals surface area (Å²) in [4.78, 5) is 34.8. The van der Waals surface area contributed by atoms with Gasteiger partial charge in [0.1, 0.15) is 6.04 Å². The maximum absolute atomic E-state index is 12.1. The highest BCUT2D eigenvalue weighted by atomic mass is 32.1. The average Bonchev–Trinajstić information content (AvgIpc) is 2.19. The Morgan fingerprint density at radius 3 is 2.56 bits per heavy atom. The summed E-state index contributed by atoms with van der Waals surface area (Å²) in [6.45, 7) is 0. The van der Waals surface area contributed by atoms with Crippen LogP contribution in [0.15, 0.2) is 0 Å².